The first-order chi connectivity index (χ1) is 15.6. The molecule has 1 aromatic carbocycles. The number of aromatic nitrogens is 4. The van der Waals surface area contributed by atoms with Gasteiger partial charge in [-0.3, -0.25) is 4.79 Å². The van der Waals surface area contributed by atoms with E-state index in [1.807, 2.05) is 0 Å². The molecule has 32 heavy (non-hydrogen) atoms. The molecule has 0 saturated carbocycles. The minimum Gasteiger partial charge on any atom is -0.495 e. The number of ether oxygens (including phenoxy) is 3. The SMILES string of the molecule is COCn1ccc(-c2nc(Nc3ccc(C(=O)N4CCOCC4)cc3OC)ncc2Cl)n1. The summed E-state index contributed by atoms with van der Waals surface area (Å²) in [6.45, 7) is 2.55. The quantitative estimate of drug-likeness (QED) is 0.576. The van der Waals surface area contributed by atoms with E-state index in [0.29, 0.717) is 72.4 Å². The van der Waals surface area contributed by atoms with Crippen LogP contribution in [0.25, 0.3) is 11.4 Å². The van der Waals surface area contributed by atoms with E-state index in [4.69, 9.17) is 25.8 Å². The van der Waals surface area contributed by atoms with Gasteiger partial charge >= 0.3 is 0 Å². The number of nitrogens with zero attached hydrogens (tertiary/aromatic N) is 5. The van der Waals surface area contributed by atoms with Crippen molar-refractivity contribution in [2.24, 2.45) is 0 Å². The molecule has 0 unspecified atom stereocenters. The average molecular weight is 459 g/mol. The fraction of sp³-hybridized carbons (Fsp3) is 0.333. The lowest BCUT2D eigenvalue weighted by Crippen LogP contribution is -2.40. The molecule has 0 atom stereocenters. The van der Waals surface area contributed by atoms with Crippen LogP contribution in [0.2, 0.25) is 5.02 Å². The maximum atomic E-state index is 12.8. The number of methoxy groups -OCH3 is 2. The van der Waals surface area contributed by atoms with Crippen LogP contribution in [0.1, 0.15) is 10.4 Å². The lowest BCUT2D eigenvalue weighted by Gasteiger charge is -2.27. The predicted octanol–water partition coefficient (Wildman–Crippen LogP) is 2.82. The zero-order chi connectivity index (χ0) is 22.5. The Kier molecular flexibility index (Phi) is 6.84. The Hall–Kier alpha value is -3.21. The number of hydrogen-bond donors (Lipinski definition) is 1. The Morgan fingerprint density at radius 1 is 1.25 bits per heavy atom. The number of anilines is 2. The number of halogens is 1. The molecule has 1 saturated heterocycles. The fourth-order valence-corrected chi connectivity index (χ4v) is 3.48. The van der Waals surface area contributed by atoms with Gasteiger partial charge in [0.15, 0.2) is 0 Å². The van der Waals surface area contributed by atoms with Crippen molar-refractivity contribution in [2.45, 2.75) is 6.73 Å². The van der Waals surface area contributed by atoms with Crippen LogP contribution in [-0.2, 0) is 16.2 Å². The minimum atomic E-state index is -0.0603. The first kappa shape index (κ1) is 22.0. The van der Waals surface area contributed by atoms with Gasteiger partial charge in [-0.05, 0) is 24.3 Å². The minimum absolute atomic E-state index is 0.0603. The molecule has 0 bridgehead atoms. The standard InChI is InChI=1S/C21H23ClN6O4/c1-30-13-28-6-5-17(26-28)19-15(22)12-23-21(25-19)24-16-4-3-14(11-18(16)31-2)20(29)27-7-9-32-10-8-27/h3-6,11-12H,7-10,13H2,1-2H3,(H,23,24,25). The van der Waals surface area contributed by atoms with Gasteiger partial charge in [-0.15, -0.1) is 0 Å². The third-order valence-corrected chi connectivity index (χ3v) is 5.16. The molecule has 168 valence electrons. The van der Waals surface area contributed by atoms with Crippen molar-refractivity contribution in [3.05, 3.63) is 47.2 Å². The predicted molar refractivity (Wildman–Crippen MR) is 118 cm³/mol. The summed E-state index contributed by atoms with van der Waals surface area (Å²) < 4.78 is 17.5. The van der Waals surface area contributed by atoms with Crippen LogP contribution < -0.4 is 10.1 Å². The molecule has 1 amide bonds. The maximum absolute atomic E-state index is 12.8. The molecule has 1 fully saturated rings. The average Bonchev–Trinajstić information content (AvgIpc) is 3.29. The summed E-state index contributed by atoms with van der Waals surface area (Å²) >= 11 is 6.30. The van der Waals surface area contributed by atoms with Gasteiger partial charge in [-0.1, -0.05) is 11.6 Å². The molecule has 0 aliphatic carbocycles. The summed E-state index contributed by atoms with van der Waals surface area (Å²) in [7, 11) is 3.13. The maximum Gasteiger partial charge on any atom is 0.254 e. The summed E-state index contributed by atoms with van der Waals surface area (Å²) in [5.74, 6) is 0.750. The van der Waals surface area contributed by atoms with Crippen molar-refractivity contribution in [3.63, 3.8) is 0 Å². The number of benzene rings is 1. The zero-order valence-electron chi connectivity index (χ0n) is 17.7. The van der Waals surface area contributed by atoms with E-state index in [1.165, 1.54) is 6.20 Å². The smallest absolute Gasteiger partial charge is 0.254 e. The van der Waals surface area contributed by atoms with Gasteiger partial charge in [0.05, 0.1) is 37.2 Å². The molecule has 11 heteroatoms. The van der Waals surface area contributed by atoms with Gasteiger partial charge in [-0.2, -0.15) is 5.10 Å². The lowest BCUT2D eigenvalue weighted by molar-refractivity contribution is 0.0302. The summed E-state index contributed by atoms with van der Waals surface area (Å²) in [5, 5.41) is 7.90. The first-order valence-electron chi connectivity index (χ1n) is 9.96. The van der Waals surface area contributed by atoms with Gasteiger partial charge in [0.2, 0.25) is 5.95 Å². The van der Waals surface area contributed by atoms with Crippen LogP contribution in [0.5, 0.6) is 5.75 Å². The van der Waals surface area contributed by atoms with Gasteiger partial charge in [0, 0.05) is 32.0 Å². The van der Waals surface area contributed by atoms with Crippen LogP contribution in [0, 0.1) is 0 Å². The zero-order valence-corrected chi connectivity index (χ0v) is 18.5. The number of amides is 1. The molecule has 1 N–H and O–H groups in total. The second-order valence-electron chi connectivity index (χ2n) is 6.99. The third kappa shape index (κ3) is 4.82. The highest BCUT2D eigenvalue weighted by atomic mass is 35.5. The van der Waals surface area contributed by atoms with Crippen molar-refractivity contribution in [3.8, 4) is 17.1 Å². The van der Waals surface area contributed by atoms with E-state index in [-0.39, 0.29) is 5.91 Å². The van der Waals surface area contributed by atoms with Gasteiger partial charge in [-0.25, -0.2) is 14.6 Å². The third-order valence-electron chi connectivity index (χ3n) is 4.88. The van der Waals surface area contributed by atoms with Crippen molar-refractivity contribution >= 4 is 29.1 Å². The number of morpholine rings is 1. The Bertz CT molecular complexity index is 1100. The molecule has 0 spiro atoms. The van der Waals surface area contributed by atoms with Crippen LogP contribution in [0.15, 0.2) is 36.7 Å². The highest BCUT2D eigenvalue weighted by molar-refractivity contribution is 6.32. The van der Waals surface area contributed by atoms with Gasteiger partial charge < -0.3 is 24.4 Å². The van der Waals surface area contributed by atoms with Crippen LogP contribution >= 0.6 is 11.6 Å². The van der Waals surface area contributed by atoms with E-state index in [0.717, 1.165) is 0 Å². The van der Waals surface area contributed by atoms with Crippen LogP contribution in [0.3, 0.4) is 0 Å². The highest BCUT2D eigenvalue weighted by Crippen LogP contribution is 2.30. The number of nitrogens with one attached hydrogen (secondary N) is 1. The Morgan fingerprint density at radius 2 is 2.06 bits per heavy atom. The van der Waals surface area contributed by atoms with E-state index in [9.17, 15) is 4.79 Å². The molecule has 0 radical (unpaired) electrons. The molecule has 1 aliphatic heterocycles. The molecule has 2 aromatic heterocycles. The van der Waals surface area contributed by atoms with E-state index in [1.54, 1.807) is 54.3 Å². The Balaban J connectivity index is 1.56. The lowest BCUT2D eigenvalue weighted by atomic mass is 10.1. The number of carbonyl (C=O) groups is 1. The fourth-order valence-electron chi connectivity index (χ4n) is 3.30. The molecule has 3 heterocycles. The largest absolute Gasteiger partial charge is 0.495 e. The van der Waals surface area contributed by atoms with E-state index < -0.39 is 0 Å². The summed E-state index contributed by atoms with van der Waals surface area (Å²) in [6, 6.07) is 7.00. The second kappa shape index (κ2) is 9.94. The van der Waals surface area contributed by atoms with Crippen molar-refractivity contribution < 1.29 is 19.0 Å². The molecule has 3 aromatic rings. The molecule has 4 rings (SSSR count). The molecule has 1 aliphatic rings. The first-order valence-corrected chi connectivity index (χ1v) is 10.3. The topological polar surface area (TPSA) is 104 Å². The van der Waals surface area contributed by atoms with E-state index >= 15 is 0 Å². The molecule has 10 nitrogen and oxygen atoms in total. The molecular formula is C21H23ClN6O4. The Labute approximate surface area is 190 Å². The van der Waals surface area contributed by atoms with Crippen LogP contribution in [0.4, 0.5) is 11.6 Å². The van der Waals surface area contributed by atoms with Gasteiger partial charge in [0.25, 0.3) is 5.91 Å². The molecular weight excluding hydrogens is 436 g/mol. The summed E-state index contributed by atoms with van der Waals surface area (Å²) in [6.07, 6.45) is 3.28. The van der Waals surface area contributed by atoms with Crippen LogP contribution in [-0.4, -0.2) is 71.1 Å². The number of hydrogen-bond acceptors (Lipinski definition) is 8. The van der Waals surface area contributed by atoms with Crippen molar-refractivity contribution in [1.82, 2.24) is 24.6 Å². The monoisotopic (exact) mass is 458 g/mol. The Morgan fingerprint density at radius 3 is 2.81 bits per heavy atom. The van der Waals surface area contributed by atoms with Gasteiger partial charge in [0.1, 0.15) is 23.9 Å². The van der Waals surface area contributed by atoms with Crippen molar-refractivity contribution in [2.75, 3.05) is 45.8 Å². The summed E-state index contributed by atoms with van der Waals surface area (Å²) in [5.41, 5.74) is 2.23. The van der Waals surface area contributed by atoms with Crippen molar-refractivity contribution in [1.29, 1.82) is 0 Å². The summed E-state index contributed by atoms with van der Waals surface area (Å²) in [4.78, 5) is 23.3. The highest BCUT2D eigenvalue weighted by Gasteiger charge is 2.20. The normalized spacial score (nSPS) is 13.8. The van der Waals surface area contributed by atoms with E-state index in [2.05, 4.69) is 20.4 Å². The second-order valence-corrected chi connectivity index (χ2v) is 7.40. The number of rotatable bonds is 7. The number of carbonyl (C=O) groups excluding carboxylic acids is 1.